The van der Waals surface area contributed by atoms with Gasteiger partial charge in [0.2, 0.25) is 23.5 Å². The van der Waals surface area contributed by atoms with Gasteiger partial charge in [-0.25, -0.2) is 0 Å². The van der Waals surface area contributed by atoms with Crippen molar-refractivity contribution in [3.05, 3.63) is 64.7 Å². The highest BCUT2D eigenvalue weighted by Gasteiger charge is 2.55. The fourth-order valence-electron chi connectivity index (χ4n) is 6.48. The van der Waals surface area contributed by atoms with E-state index >= 15 is 0 Å². The highest BCUT2D eigenvalue weighted by atomic mass is 35.5. The van der Waals surface area contributed by atoms with E-state index in [4.69, 9.17) is 16.4 Å². The first-order chi connectivity index (χ1) is 24.9. The topological polar surface area (TPSA) is 156 Å². The van der Waals surface area contributed by atoms with Gasteiger partial charge in [0.25, 0.3) is 5.91 Å². The van der Waals surface area contributed by atoms with Gasteiger partial charge in [-0.05, 0) is 54.5 Å². The molecule has 2 aromatic rings. The summed E-state index contributed by atoms with van der Waals surface area (Å²) in [6.45, 7) is 6.86. The average molecular weight is 762 g/mol. The van der Waals surface area contributed by atoms with Gasteiger partial charge in [-0.2, -0.15) is 0 Å². The molecule has 5 rings (SSSR count). The quantitative estimate of drug-likeness (QED) is 0.252. The Morgan fingerprint density at radius 1 is 1.06 bits per heavy atom. The molecule has 3 aliphatic rings. The van der Waals surface area contributed by atoms with Crippen LogP contribution in [-0.2, 0) is 35.2 Å². The van der Waals surface area contributed by atoms with E-state index in [1.54, 1.807) is 45.0 Å². The number of amides is 4. The van der Waals surface area contributed by atoms with E-state index in [9.17, 15) is 37.1 Å². The summed E-state index contributed by atoms with van der Waals surface area (Å²) in [6, 6.07) is 8.34. The molecule has 286 valence electrons. The molecule has 16 heteroatoms. The van der Waals surface area contributed by atoms with Gasteiger partial charge >= 0.3 is 6.36 Å². The number of hydrogen-bond acceptors (Lipinski definition) is 8. The second-order valence-electron chi connectivity index (χ2n) is 14.9. The lowest BCUT2D eigenvalue weighted by atomic mass is 9.85. The van der Waals surface area contributed by atoms with E-state index in [1.165, 1.54) is 17.0 Å². The third-order valence-electron chi connectivity index (χ3n) is 9.24. The van der Waals surface area contributed by atoms with E-state index in [2.05, 4.69) is 25.8 Å². The van der Waals surface area contributed by atoms with Crippen molar-refractivity contribution < 1.29 is 46.7 Å². The molecule has 4 amide bonds. The first kappa shape index (κ1) is 39.5. The van der Waals surface area contributed by atoms with Crippen LogP contribution in [0.15, 0.2) is 53.7 Å². The Morgan fingerprint density at radius 3 is 2.42 bits per heavy atom. The highest BCUT2D eigenvalue weighted by molar-refractivity contribution is 6.38. The predicted molar refractivity (Wildman–Crippen MR) is 188 cm³/mol. The molecular formula is C37H43ClF3N5O7. The Kier molecular flexibility index (Phi) is 11.8. The molecule has 1 aliphatic carbocycles. The lowest BCUT2D eigenvalue weighted by Crippen LogP contribution is -2.59. The summed E-state index contributed by atoms with van der Waals surface area (Å²) in [6.07, 6.45) is -2.88. The van der Waals surface area contributed by atoms with Crippen LogP contribution in [0.4, 0.5) is 13.2 Å². The van der Waals surface area contributed by atoms with Crippen LogP contribution < -0.4 is 20.7 Å². The zero-order valence-corrected chi connectivity index (χ0v) is 30.6. The van der Waals surface area contributed by atoms with Crippen molar-refractivity contribution in [1.29, 1.82) is 0 Å². The van der Waals surface area contributed by atoms with Crippen LogP contribution in [0, 0.1) is 5.41 Å². The third kappa shape index (κ3) is 10.3. The van der Waals surface area contributed by atoms with Gasteiger partial charge in [0, 0.05) is 29.5 Å². The third-order valence-corrected chi connectivity index (χ3v) is 9.48. The number of alkyl halides is 3. The van der Waals surface area contributed by atoms with Gasteiger partial charge in [0.1, 0.15) is 17.8 Å². The summed E-state index contributed by atoms with van der Waals surface area (Å²) in [4.78, 5) is 75.2. The molecule has 53 heavy (non-hydrogen) atoms. The van der Waals surface area contributed by atoms with Gasteiger partial charge in [0.15, 0.2) is 5.60 Å². The maximum Gasteiger partial charge on any atom is 0.573 e. The minimum atomic E-state index is -4.92. The average Bonchev–Trinajstić information content (AvgIpc) is 3.66. The van der Waals surface area contributed by atoms with E-state index < -0.39 is 70.7 Å². The number of benzene rings is 2. The molecule has 3 N–H and O–H groups in total. The maximum absolute atomic E-state index is 14.6. The monoisotopic (exact) mass is 761 g/mol. The molecule has 1 spiro atoms. The van der Waals surface area contributed by atoms with Crippen molar-refractivity contribution in [3.63, 3.8) is 0 Å². The lowest BCUT2D eigenvalue weighted by molar-refractivity contribution is -0.274. The minimum absolute atomic E-state index is 0.0176. The largest absolute Gasteiger partial charge is 0.573 e. The van der Waals surface area contributed by atoms with Crippen molar-refractivity contribution in [3.8, 4) is 5.75 Å². The maximum atomic E-state index is 14.6. The van der Waals surface area contributed by atoms with Crippen molar-refractivity contribution in [2.24, 2.45) is 10.6 Å². The zero-order chi connectivity index (χ0) is 38.7. The number of rotatable bonds is 13. The molecule has 0 radical (unpaired) electrons. The fraction of sp³-hybridized carbons (Fsp3) is 0.514. The van der Waals surface area contributed by atoms with Crippen LogP contribution in [0.2, 0.25) is 5.02 Å². The van der Waals surface area contributed by atoms with Crippen LogP contribution in [0.25, 0.3) is 0 Å². The number of carbonyl (C=O) groups is 5. The number of hydrogen-bond donors (Lipinski definition) is 3. The minimum Gasteiger partial charge on any atom is -0.406 e. The van der Waals surface area contributed by atoms with E-state index in [0.717, 1.165) is 25.0 Å². The normalized spacial score (nSPS) is 20.9. The van der Waals surface area contributed by atoms with E-state index in [1.807, 2.05) is 6.92 Å². The molecule has 2 fully saturated rings. The summed E-state index contributed by atoms with van der Waals surface area (Å²) < 4.78 is 42.4. The second kappa shape index (κ2) is 15.7. The Hall–Kier alpha value is -4.66. The lowest BCUT2D eigenvalue weighted by Gasteiger charge is -2.35. The molecule has 4 atom stereocenters. The Labute approximate surface area is 310 Å². The van der Waals surface area contributed by atoms with Gasteiger partial charge < -0.3 is 30.4 Å². The summed E-state index contributed by atoms with van der Waals surface area (Å²) >= 11 is 6.22. The second-order valence-corrected chi connectivity index (χ2v) is 15.3. The predicted octanol–water partition coefficient (Wildman–Crippen LogP) is 4.61. The van der Waals surface area contributed by atoms with Gasteiger partial charge in [-0.3, -0.25) is 24.0 Å². The zero-order valence-electron chi connectivity index (χ0n) is 29.8. The first-order valence-corrected chi connectivity index (χ1v) is 17.8. The number of oxime groups is 1. The molecule has 2 heterocycles. The van der Waals surface area contributed by atoms with Crippen molar-refractivity contribution in [2.45, 2.75) is 109 Å². The van der Waals surface area contributed by atoms with E-state index in [0.29, 0.717) is 22.7 Å². The fourth-order valence-corrected chi connectivity index (χ4v) is 6.67. The molecule has 0 aromatic heterocycles. The van der Waals surface area contributed by atoms with Gasteiger partial charge in [-0.15, -0.1) is 13.2 Å². The number of ketones is 1. The van der Waals surface area contributed by atoms with Crippen molar-refractivity contribution in [1.82, 2.24) is 20.9 Å². The highest BCUT2D eigenvalue weighted by Crippen LogP contribution is 2.40. The standard InChI is InChI=1S/C37H43ClF3N5O7/c1-5-8-26(30(48)33(50)42-24-13-14-24)43-32(49)28-19-36(18-27(45-53-36)22-10-7-11-23(38)17-22)20-46(28)34(51)31(35(2,3)4)44-29(47)16-21-9-6-12-25(15-21)52-37(39,40)41/h6-7,9-12,15,17,24,26,28,31H,5,8,13-14,16,18-20H2,1-4H3,(H,42,50)(H,43,49)(H,44,47)/t26-,28-,31+,36+/m0/s1. The number of halogens is 4. The molecule has 1 saturated heterocycles. The Bertz CT molecular complexity index is 1780. The Balaban J connectivity index is 1.39. The number of ether oxygens (including phenoxy) is 1. The molecule has 2 aliphatic heterocycles. The number of likely N-dealkylation sites (tertiary alicyclic amines) is 1. The van der Waals surface area contributed by atoms with Crippen LogP contribution in [0.3, 0.4) is 0 Å². The number of carbonyl (C=O) groups excluding carboxylic acids is 5. The summed E-state index contributed by atoms with van der Waals surface area (Å²) in [5.41, 5.74) is -0.599. The number of nitrogens with zero attached hydrogens (tertiary/aromatic N) is 2. The molecule has 1 saturated carbocycles. The van der Waals surface area contributed by atoms with Crippen LogP contribution >= 0.6 is 11.6 Å². The summed E-state index contributed by atoms with van der Waals surface area (Å²) in [7, 11) is 0. The molecule has 0 unspecified atom stereocenters. The molecule has 2 aromatic carbocycles. The van der Waals surface area contributed by atoms with Crippen molar-refractivity contribution in [2.75, 3.05) is 6.54 Å². The summed E-state index contributed by atoms with van der Waals surface area (Å²) in [5.74, 6) is -4.03. The van der Waals surface area contributed by atoms with Gasteiger partial charge in [0.05, 0.1) is 24.7 Å². The van der Waals surface area contributed by atoms with Crippen LogP contribution in [-0.4, -0.2) is 82.7 Å². The van der Waals surface area contributed by atoms with Gasteiger partial charge in [-0.1, -0.05) is 75.1 Å². The smallest absolute Gasteiger partial charge is 0.406 e. The molecule has 0 bridgehead atoms. The first-order valence-electron chi connectivity index (χ1n) is 17.5. The molecule has 12 nitrogen and oxygen atoms in total. The SMILES string of the molecule is CCC[C@H](NC(=O)[C@@H]1C[C@]2(CC(c3cccc(Cl)c3)=NO2)CN1C(=O)[C@@H](NC(=O)Cc1cccc(OC(F)(F)F)c1)C(C)(C)C)C(=O)C(=O)NC1CC1. The Morgan fingerprint density at radius 2 is 1.77 bits per heavy atom. The van der Waals surface area contributed by atoms with Crippen LogP contribution in [0.1, 0.15) is 77.3 Å². The number of nitrogens with one attached hydrogen (secondary N) is 3. The van der Waals surface area contributed by atoms with Crippen molar-refractivity contribution >= 4 is 46.7 Å². The molecular weight excluding hydrogens is 719 g/mol. The van der Waals surface area contributed by atoms with E-state index in [-0.39, 0.29) is 43.8 Å². The number of Topliss-reactive ketones (excluding diaryl/α,β-unsaturated/α-hetero) is 1. The summed E-state index contributed by atoms with van der Waals surface area (Å²) in [5, 5.41) is 12.9. The van der Waals surface area contributed by atoms with Crippen LogP contribution in [0.5, 0.6) is 5.75 Å².